The second-order valence-corrected chi connectivity index (χ2v) is 5.31. The van der Waals surface area contributed by atoms with Crippen LogP contribution in [0.2, 0.25) is 5.02 Å². The lowest BCUT2D eigenvalue weighted by atomic mass is 10.1. The number of benzene rings is 2. The summed E-state index contributed by atoms with van der Waals surface area (Å²) in [7, 11) is 1.82. The highest BCUT2D eigenvalue weighted by molar-refractivity contribution is 6.30. The summed E-state index contributed by atoms with van der Waals surface area (Å²) in [5, 5.41) is 10.1. The van der Waals surface area contributed by atoms with Gasteiger partial charge in [0.15, 0.2) is 0 Å². The maximum absolute atomic E-state index is 14.1. The van der Waals surface area contributed by atoms with E-state index in [1.165, 1.54) is 6.07 Å². The smallest absolute Gasteiger partial charge is 0.146 e. The molecule has 2 aromatic carbocycles. The highest BCUT2D eigenvalue weighted by atomic mass is 35.5. The van der Waals surface area contributed by atoms with Crippen molar-refractivity contribution in [1.29, 1.82) is 0 Å². The van der Waals surface area contributed by atoms with Crippen LogP contribution in [0.1, 0.15) is 24.2 Å². The topological polar surface area (TPSA) is 23.5 Å². The molecule has 0 aliphatic carbocycles. The average Bonchev–Trinajstić information content (AvgIpc) is 2.38. The van der Waals surface area contributed by atoms with Gasteiger partial charge in [0.05, 0.1) is 11.8 Å². The van der Waals surface area contributed by atoms with Gasteiger partial charge in [-0.15, -0.1) is 0 Å². The van der Waals surface area contributed by atoms with Gasteiger partial charge in [0.2, 0.25) is 0 Å². The third-order valence-corrected chi connectivity index (χ3v) is 3.41. The summed E-state index contributed by atoms with van der Waals surface area (Å²) in [4.78, 5) is 1.81. The summed E-state index contributed by atoms with van der Waals surface area (Å²) in [6.45, 7) is 2.18. The quantitative estimate of drug-likeness (QED) is 0.914. The molecule has 106 valence electrons. The fourth-order valence-corrected chi connectivity index (χ4v) is 2.30. The standard InChI is InChI=1S/C16H17ClFNO/c1-11(20)13-6-7-16(15(18)9-13)19(2)10-12-4-3-5-14(17)8-12/h3-9,11,20H,10H2,1-2H3. The molecule has 0 amide bonds. The number of rotatable bonds is 4. The molecule has 0 aliphatic rings. The van der Waals surface area contributed by atoms with Gasteiger partial charge in [-0.05, 0) is 42.3 Å². The van der Waals surface area contributed by atoms with Crippen LogP contribution in [-0.2, 0) is 6.54 Å². The summed E-state index contributed by atoms with van der Waals surface area (Å²) in [6, 6.07) is 12.3. The van der Waals surface area contributed by atoms with Gasteiger partial charge in [0.25, 0.3) is 0 Å². The first-order valence-electron chi connectivity index (χ1n) is 6.40. The lowest BCUT2D eigenvalue weighted by molar-refractivity contribution is 0.199. The molecule has 0 heterocycles. The molecule has 2 nitrogen and oxygen atoms in total. The lowest BCUT2D eigenvalue weighted by Crippen LogP contribution is -2.17. The van der Waals surface area contributed by atoms with E-state index in [2.05, 4.69) is 0 Å². The maximum atomic E-state index is 14.1. The SMILES string of the molecule is CC(O)c1ccc(N(C)Cc2cccc(Cl)c2)c(F)c1. The van der Waals surface area contributed by atoms with Gasteiger partial charge in [-0.25, -0.2) is 4.39 Å². The van der Waals surface area contributed by atoms with Crippen molar-refractivity contribution >= 4 is 17.3 Å². The molecule has 0 fully saturated rings. The minimum absolute atomic E-state index is 0.340. The van der Waals surface area contributed by atoms with Gasteiger partial charge in [-0.1, -0.05) is 29.8 Å². The highest BCUT2D eigenvalue weighted by Crippen LogP contribution is 2.24. The number of halogens is 2. The Morgan fingerprint density at radius 2 is 2.00 bits per heavy atom. The lowest BCUT2D eigenvalue weighted by Gasteiger charge is -2.21. The van der Waals surface area contributed by atoms with Gasteiger partial charge in [-0.2, -0.15) is 0 Å². The van der Waals surface area contributed by atoms with E-state index in [9.17, 15) is 9.50 Å². The van der Waals surface area contributed by atoms with E-state index in [-0.39, 0.29) is 5.82 Å². The van der Waals surface area contributed by atoms with Crippen molar-refractivity contribution in [1.82, 2.24) is 0 Å². The Kier molecular flexibility index (Phi) is 4.63. The zero-order chi connectivity index (χ0) is 14.7. The van der Waals surface area contributed by atoms with Crippen LogP contribution in [0, 0.1) is 5.82 Å². The predicted octanol–water partition coefficient (Wildman–Crippen LogP) is 4.17. The first-order chi connectivity index (χ1) is 9.47. The van der Waals surface area contributed by atoms with Crippen LogP contribution in [-0.4, -0.2) is 12.2 Å². The molecule has 0 bridgehead atoms. The molecule has 20 heavy (non-hydrogen) atoms. The molecule has 1 unspecified atom stereocenters. The highest BCUT2D eigenvalue weighted by Gasteiger charge is 2.11. The number of aliphatic hydroxyl groups excluding tert-OH is 1. The van der Waals surface area contributed by atoms with Crippen LogP contribution in [0.3, 0.4) is 0 Å². The molecule has 2 rings (SSSR count). The van der Waals surface area contributed by atoms with Crippen molar-refractivity contribution in [2.45, 2.75) is 19.6 Å². The second-order valence-electron chi connectivity index (χ2n) is 4.87. The molecule has 0 aliphatic heterocycles. The van der Waals surface area contributed by atoms with Gasteiger partial charge in [0.1, 0.15) is 5.82 Å². The fraction of sp³-hybridized carbons (Fsp3) is 0.250. The third-order valence-electron chi connectivity index (χ3n) is 3.17. The molecule has 0 spiro atoms. The van der Waals surface area contributed by atoms with E-state index in [1.807, 2.05) is 36.2 Å². The molecular weight excluding hydrogens is 277 g/mol. The van der Waals surface area contributed by atoms with Crippen LogP contribution in [0.4, 0.5) is 10.1 Å². The largest absolute Gasteiger partial charge is 0.389 e. The number of aliphatic hydroxyl groups is 1. The van der Waals surface area contributed by atoms with Crippen molar-refractivity contribution in [3.8, 4) is 0 Å². The Balaban J connectivity index is 2.19. The van der Waals surface area contributed by atoms with Crippen molar-refractivity contribution < 1.29 is 9.50 Å². The van der Waals surface area contributed by atoms with Gasteiger partial charge in [0, 0.05) is 18.6 Å². The molecular formula is C16H17ClFNO. The average molecular weight is 294 g/mol. The zero-order valence-corrected chi connectivity index (χ0v) is 12.2. The third kappa shape index (κ3) is 3.50. The molecule has 1 atom stereocenters. The van der Waals surface area contributed by atoms with Gasteiger partial charge >= 0.3 is 0 Å². The Labute approximate surface area is 123 Å². The first-order valence-corrected chi connectivity index (χ1v) is 6.78. The van der Waals surface area contributed by atoms with Crippen LogP contribution < -0.4 is 4.90 Å². The molecule has 0 saturated carbocycles. The van der Waals surface area contributed by atoms with Crippen molar-refractivity contribution in [2.75, 3.05) is 11.9 Å². The van der Waals surface area contributed by atoms with E-state index in [1.54, 1.807) is 19.1 Å². The summed E-state index contributed by atoms with van der Waals surface area (Å²) < 4.78 is 14.1. The molecule has 2 aromatic rings. The summed E-state index contributed by atoms with van der Waals surface area (Å²) in [5.41, 5.74) is 2.08. The molecule has 0 aromatic heterocycles. The molecule has 4 heteroatoms. The molecule has 1 N–H and O–H groups in total. The number of nitrogens with zero attached hydrogens (tertiary/aromatic N) is 1. The minimum Gasteiger partial charge on any atom is -0.389 e. The molecule has 0 saturated heterocycles. The monoisotopic (exact) mass is 293 g/mol. The van der Waals surface area contributed by atoms with Gasteiger partial charge in [-0.3, -0.25) is 0 Å². The van der Waals surface area contributed by atoms with Crippen LogP contribution in [0.25, 0.3) is 0 Å². The van der Waals surface area contributed by atoms with Crippen LogP contribution in [0.15, 0.2) is 42.5 Å². The first kappa shape index (κ1) is 14.8. The minimum atomic E-state index is -0.670. The van der Waals surface area contributed by atoms with Crippen molar-refractivity contribution in [3.05, 3.63) is 64.4 Å². The Hall–Kier alpha value is -1.58. The Morgan fingerprint density at radius 1 is 1.25 bits per heavy atom. The van der Waals surface area contributed by atoms with E-state index >= 15 is 0 Å². The van der Waals surface area contributed by atoms with Crippen molar-refractivity contribution in [2.24, 2.45) is 0 Å². The van der Waals surface area contributed by atoms with Crippen molar-refractivity contribution in [3.63, 3.8) is 0 Å². The Morgan fingerprint density at radius 3 is 2.60 bits per heavy atom. The zero-order valence-electron chi connectivity index (χ0n) is 11.5. The Bertz CT molecular complexity index is 601. The predicted molar refractivity (Wildman–Crippen MR) is 80.6 cm³/mol. The van der Waals surface area contributed by atoms with Crippen LogP contribution >= 0.6 is 11.6 Å². The van der Waals surface area contributed by atoms with E-state index in [0.717, 1.165) is 5.56 Å². The second kappa shape index (κ2) is 6.25. The van der Waals surface area contributed by atoms with E-state index in [0.29, 0.717) is 22.8 Å². The van der Waals surface area contributed by atoms with Crippen LogP contribution in [0.5, 0.6) is 0 Å². The van der Waals surface area contributed by atoms with E-state index in [4.69, 9.17) is 11.6 Å². The molecule has 0 radical (unpaired) electrons. The fourth-order valence-electron chi connectivity index (χ4n) is 2.09. The number of hydrogen-bond acceptors (Lipinski definition) is 2. The summed E-state index contributed by atoms with van der Waals surface area (Å²) in [5.74, 6) is -0.340. The number of hydrogen-bond donors (Lipinski definition) is 1. The van der Waals surface area contributed by atoms with Gasteiger partial charge < -0.3 is 10.0 Å². The normalized spacial score (nSPS) is 12.2. The van der Waals surface area contributed by atoms with E-state index < -0.39 is 6.10 Å². The maximum Gasteiger partial charge on any atom is 0.146 e. The summed E-state index contributed by atoms with van der Waals surface area (Å²) in [6.07, 6.45) is -0.670. The summed E-state index contributed by atoms with van der Waals surface area (Å²) >= 11 is 5.94. The number of anilines is 1.